The zero-order chi connectivity index (χ0) is 23.5. The number of hydrogen-bond donors (Lipinski definition) is 1. The number of halogens is 1. The van der Waals surface area contributed by atoms with Crippen LogP contribution < -0.4 is 19.1 Å². The number of aromatic nitrogens is 2. The Morgan fingerprint density at radius 2 is 1.81 bits per heavy atom. The van der Waals surface area contributed by atoms with Crippen LogP contribution in [0.15, 0.2) is 42.5 Å². The Morgan fingerprint density at radius 1 is 1.12 bits per heavy atom. The average Bonchev–Trinajstić information content (AvgIpc) is 3.21. The van der Waals surface area contributed by atoms with Crippen molar-refractivity contribution < 1.29 is 22.7 Å². The summed E-state index contributed by atoms with van der Waals surface area (Å²) in [5.41, 5.74) is 0.968. The van der Waals surface area contributed by atoms with Crippen LogP contribution in [0.25, 0.3) is 10.6 Å². The number of amides is 1. The van der Waals surface area contributed by atoms with Gasteiger partial charge in [0.05, 0.1) is 26.2 Å². The van der Waals surface area contributed by atoms with Crippen LogP contribution in [0.3, 0.4) is 0 Å². The van der Waals surface area contributed by atoms with Crippen LogP contribution >= 0.6 is 22.9 Å². The number of rotatable bonds is 8. The van der Waals surface area contributed by atoms with Gasteiger partial charge in [0.25, 0.3) is 0 Å². The molecular weight excluding hydrogens is 476 g/mol. The smallest absolute Gasteiger partial charge is 0.249 e. The predicted octanol–water partition coefficient (Wildman–Crippen LogP) is 3.67. The molecule has 0 fully saturated rings. The van der Waals surface area contributed by atoms with Gasteiger partial charge in [0.1, 0.15) is 22.5 Å². The average molecular weight is 497 g/mol. The Balaban J connectivity index is 1.88. The minimum atomic E-state index is -3.86. The molecule has 9 nitrogen and oxygen atoms in total. The molecule has 1 aromatic heterocycles. The minimum absolute atomic E-state index is 0.177. The van der Waals surface area contributed by atoms with Gasteiger partial charge >= 0.3 is 0 Å². The molecule has 32 heavy (non-hydrogen) atoms. The molecule has 0 saturated heterocycles. The van der Waals surface area contributed by atoms with E-state index in [9.17, 15) is 13.2 Å². The zero-order valence-corrected chi connectivity index (χ0v) is 20.1. The lowest BCUT2D eigenvalue weighted by molar-refractivity contribution is -0.116. The lowest BCUT2D eigenvalue weighted by Gasteiger charge is -2.29. The van der Waals surface area contributed by atoms with Crippen molar-refractivity contribution in [3.05, 3.63) is 47.5 Å². The molecule has 1 atom stereocenters. The number of benzene rings is 2. The van der Waals surface area contributed by atoms with Crippen molar-refractivity contribution in [1.82, 2.24) is 10.2 Å². The van der Waals surface area contributed by atoms with Gasteiger partial charge in [0.15, 0.2) is 0 Å². The lowest BCUT2D eigenvalue weighted by atomic mass is 10.2. The first kappa shape index (κ1) is 23.8. The Kier molecular flexibility index (Phi) is 7.22. The second kappa shape index (κ2) is 9.72. The fraction of sp³-hybridized carbons (Fsp3) is 0.250. The molecule has 1 amide bonds. The van der Waals surface area contributed by atoms with E-state index in [1.54, 1.807) is 36.4 Å². The van der Waals surface area contributed by atoms with Crippen molar-refractivity contribution in [2.24, 2.45) is 0 Å². The first-order valence-corrected chi connectivity index (χ1v) is 12.3. The standard InChI is InChI=1S/C20H21ClN4O5S2/c1-12(25(32(4,27)28)16-11-15(29-2)9-10-17(16)30-3)18(26)22-20-24-23-19(31-20)13-5-7-14(21)8-6-13/h5-12H,1-4H3,(H,22,24,26)/t12-/m0/s1. The highest BCUT2D eigenvalue weighted by molar-refractivity contribution is 7.92. The Morgan fingerprint density at radius 3 is 2.41 bits per heavy atom. The zero-order valence-electron chi connectivity index (χ0n) is 17.7. The predicted molar refractivity (Wildman–Crippen MR) is 125 cm³/mol. The highest BCUT2D eigenvalue weighted by Crippen LogP contribution is 2.35. The molecule has 0 aliphatic heterocycles. The van der Waals surface area contributed by atoms with Gasteiger partial charge in [-0.2, -0.15) is 0 Å². The molecule has 3 rings (SSSR count). The van der Waals surface area contributed by atoms with E-state index < -0.39 is 22.0 Å². The van der Waals surface area contributed by atoms with Gasteiger partial charge < -0.3 is 9.47 Å². The SMILES string of the molecule is COc1ccc(OC)c(N([C@@H](C)C(=O)Nc2nnc(-c3ccc(Cl)cc3)s2)S(C)(=O)=O)c1. The van der Waals surface area contributed by atoms with E-state index in [2.05, 4.69) is 15.5 Å². The van der Waals surface area contributed by atoms with Crippen molar-refractivity contribution in [2.45, 2.75) is 13.0 Å². The molecular formula is C20H21ClN4O5S2. The molecule has 1 N–H and O–H groups in total. The molecule has 3 aromatic rings. The maximum atomic E-state index is 13.0. The Bertz CT molecular complexity index is 1210. The molecule has 0 bridgehead atoms. The third-order valence-corrected chi connectivity index (χ3v) is 6.83. The highest BCUT2D eigenvalue weighted by atomic mass is 35.5. The summed E-state index contributed by atoms with van der Waals surface area (Å²) in [4.78, 5) is 13.0. The largest absolute Gasteiger partial charge is 0.497 e. The van der Waals surface area contributed by atoms with Gasteiger partial charge in [-0.25, -0.2) is 8.42 Å². The van der Waals surface area contributed by atoms with E-state index in [1.165, 1.54) is 27.2 Å². The summed E-state index contributed by atoms with van der Waals surface area (Å²) in [5.74, 6) is 0.106. The topological polar surface area (TPSA) is 111 Å². The molecule has 2 aromatic carbocycles. The number of nitrogens with zero attached hydrogens (tertiary/aromatic N) is 3. The normalized spacial score (nSPS) is 12.2. The first-order chi connectivity index (χ1) is 15.1. The first-order valence-electron chi connectivity index (χ1n) is 9.25. The van der Waals surface area contributed by atoms with Crippen LogP contribution in [-0.2, 0) is 14.8 Å². The minimum Gasteiger partial charge on any atom is -0.497 e. The van der Waals surface area contributed by atoms with Crippen LogP contribution in [0.5, 0.6) is 11.5 Å². The number of carbonyl (C=O) groups is 1. The summed E-state index contributed by atoms with van der Waals surface area (Å²) < 4.78 is 36.7. The van der Waals surface area contributed by atoms with E-state index in [-0.39, 0.29) is 16.6 Å². The van der Waals surface area contributed by atoms with Crippen LogP contribution in [-0.4, -0.2) is 51.0 Å². The molecule has 0 radical (unpaired) electrons. The lowest BCUT2D eigenvalue weighted by Crippen LogP contribution is -2.45. The number of sulfonamides is 1. The van der Waals surface area contributed by atoms with Crippen LogP contribution in [0.1, 0.15) is 6.92 Å². The van der Waals surface area contributed by atoms with Gasteiger partial charge in [-0.3, -0.25) is 14.4 Å². The summed E-state index contributed by atoms with van der Waals surface area (Å²) >= 11 is 7.06. The molecule has 0 unspecified atom stereocenters. The van der Waals surface area contributed by atoms with E-state index in [1.807, 2.05) is 0 Å². The quantitative estimate of drug-likeness (QED) is 0.506. The Labute approximate surface area is 195 Å². The summed E-state index contributed by atoms with van der Waals surface area (Å²) in [7, 11) is -0.991. The highest BCUT2D eigenvalue weighted by Gasteiger charge is 2.32. The monoisotopic (exact) mass is 496 g/mol. The number of methoxy groups -OCH3 is 2. The van der Waals surface area contributed by atoms with Gasteiger partial charge in [0.2, 0.25) is 21.1 Å². The van der Waals surface area contributed by atoms with Crippen LogP contribution in [0.2, 0.25) is 5.02 Å². The molecule has 0 spiro atoms. The maximum absolute atomic E-state index is 13.0. The number of nitrogens with one attached hydrogen (secondary N) is 1. The van der Waals surface area contributed by atoms with Gasteiger partial charge in [-0.15, -0.1) is 10.2 Å². The fourth-order valence-electron chi connectivity index (χ4n) is 2.94. The third-order valence-electron chi connectivity index (χ3n) is 4.46. The second-order valence-electron chi connectivity index (χ2n) is 6.68. The fourth-order valence-corrected chi connectivity index (χ4v) is 4.99. The summed E-state index contributed by atoms with van der Waals surface area (Å²) in [5, 5.41) is 12.1. The van der Waals surface area contributed by atoms with Crippen molar-refractivity contribution in [2.75, 3.05) is 30.1 Å². The Hall–Kier alpha value is -2.89. The van der Waals surface area contributed by atoms with Crippen molar-refractivity contribution in [3.63, 3.8) is 0 Å². The molecule has 170 valence electrons. The molecule has 0 aliphatic carbocycles. The number of hydrogen-bond acceptors (Lipinski definition) is 8. The van der Waals surface area contributed by atoms with Crippen molar-refractivity contribution in [1.29, 1.82) is 0 Å². The summed E-state index contributed by atoms with van der Waals surface area (Å²) in [6.45, 7) is 1.47. The van der Waals surface area contributed by atoms with E-state index >= 15 is 0 Å². The number of anilines is 2. The second-order valence-corrected chi connectivity index (χ2v) is 9.95. The summed E-state index contributed by atoms with van der Waals surface area (Å²) in [6.07, 6.45) is 1.01. The third kappa shape index (κ3) is 5.29. The number of carbonyl (C=O) groups excluding carboxylic acids is 1. The van der Waals surface area contributed by atoms with E-state index in [0.29, 0.717) is 15.8 Å². The summed E-state index contributed by atoms with van der Waals surface area (Å²) in [6, 6.07) is 10.6. The van der Waals surface area contributed by atoms with Gasteiger partial charge in [0, 0.05) is 16.7 Å². The van der Waals surface area contributed by atoms with Crippen molar-refractivity contribution in [3.8, 4) is 22.1 Å². The molecule has 1 heterocycles. The van der Waals surface area contributed by atoms with E-state index in [0.717, 1.165) is 27.5 Å². The van der Waals surface area contributed by atoms with Gasteiger partial charge in [-0.1, -0.05) is 35.1 Å². The molecule has 0 aliphatic rings. The van der Waals surface area contributed by atoms with E-state index in [4.69, 9.17) is 21.1 Å². The number of ether oxygens (including phenoxy) is 2. The maximum Gasteiger partial charge on any atom is 0.249 e. The molecule has 0 saturated carbocycles. The van der Waals surface area contributed by atoms with Crippen molar-refractivity contribution >= 4 is 49.7 Å². The van der Waals surface area contributed by atoms with Gasteiger partial charge in [-0.05, 0) is 31.2 Å². The van der Waals surface area contributed by atoms with Crippen LogP contribution in [0, 0.1) is 0 Å². The van der Waals surface area contributed by atoms with Crippen LogP contribution in [0.4, 0.5) is 10.8 Å². The molecule has 12 heteroatoms.